The molecule has 8 bridgehead atoms. The van der Waals surface area contributed by atoms with Crippen molar-refractivity contribution in [3.63, 3.8) is 0 Å². The summed E-state index contributed by atoms with van der Waals surface area (Å²) < 4.78 is 26.3. The summed E-state index contributed by atoms with van der Waals surface area (Å²) in [6, 6.07) is 17.8. The third-order valence-corrected chi connectivity index (χ3v) is 5.06. The van der Waals surface area contributed by atoms with Crippen LogP contribution < -0.4 is 4.74 Å². The van der Waals surface area contributed by atoms with E-state index in [4.69, 9.17) is 18.9 Å². The summed E-state index contributed by atoms with van der Waals surface area (Å²) in [4.78, 5) is 0. The molecule has 0 atom stereocenters. The molecule has 2 aromatic carbocycles. The van der Waals surface area contributed by atoms with Gasteiger partial charge < -0.3 is 18.9 Å². The summed E-state index contributed by atoms with van der Waals surface area (Å²) in [7, 11) is 0. The fourth-order valence-electron chi connectivity index (χ4n) is 3.35. The first-order valence-corrected chi connectivity index (χ1v) is 11.1. The fourth-order valence-corrected chi connectivity index (χ4v) is 3.35. The Balaban J connectivity index is 0.00000289. The molecule has 0 fully saturated rings. The third-order valence-electron chi connectivity index (χ3n) is 5.06. The molecule has 1 aliphatic rings. The number of fused-ring (bicyclic) bond motifs is 10. The van der Waals surface area contributed by atoms with E-state index in [0.29, 0.717) is 75.6 Å². The Bertz CT molecular complexity index is 1120. The molecule has 10 nitrogen and oxygen atoms in total. The van der Waals surface area contributed by atoms with Crippen LogP contribution in [0.5, 0.6) is 11.5 Å². The maximum atomic E-state index is 6.02. The van der Waals surface area contributed by atoms with Crippen molar-refractivity contribution in [2.45, 2.75) is 13.1 Å². The normalized spacial score (nSPS) is 15.3. The van der Waals surface area contributed by atoms with Crippen molar-refractivity contribution in [3.8, 4) is 34.0 Å². The molecule has 3 heterocycles. The Hall–Kier alpha value is -2.91. The molecule has 0 spiro atoms. The summed E-state index contributed by atoms with van der Waals surface area (Å²) in [5, 5.41) is 16.9. The van der Waals surface area contributed by atoms with Gasteiger partial charge in [0.15, 0.2) is 0 Å². The van der Waals surface area contributed by atoms with Crippen molar-refractivity contribution in [1.29, 1.82) is 0 Å². The second kappa shape index (κ2) is 12.7. The van der Waals surface area contributed by atoms with E-state index in [1.165, 1.54) is 0 Å². The Morgan fingerprint density at radius 2 is 1.09 bits per heavy atom. The number of hydrogen-bond donors (Lipinski definition) is 0. The summed E-state index contributed by atoms with van der Waals surface area (Å²) in [5.74, 6) is 1.11. The molecule has 0 saturated heterocycles. The van der Waals surface area contributed by atoms with Gasteiger partial charge in [-0.05, 0) is 0 Å². The van der Waals surface area contributed by atoms with E-state index in [2.05, 4.69) is 32.8 Å². The minimum atomic E-state index is 0. The Morgan fingerprint density at radius 3 is 1.57 bits per heavy atom. The van der Waals surface area contributed by atoms with Gasteiger partial charge >= 0.3 is 21.1 Å². The van der Waals surface area contributed by atoms with Gasteiger partial charge in [-0.25, -0.2) is 0 Å². The van der Waals surface area contributed by atoms with E-state index in [1.807, 2.05) is 48.8 Å². The number of benzene rings is 2. The molecule has 35 heavy (non-hydrogen) atoms. The summed E-state index contributed by atoms with van der Waals surface area (Å²) in [6.07, 6.45) is 3.72. The number of aromatic nitrogens is 6. The predicted octanol–water partition coefficient (Wildman–Crippen LogP) is 2.66. The van der Waals surface area contributed by atoms with E-state index < -0.39 is 0 Å². The standard InChI is InChI=1S/C24H24N6O4.Pt/c1-3-19-15-21(5-1)34-22-6-2-4-20(16-22)24-18-30(28-26-24)8-10-32-12-14-33-13-11-31-9-7-29-17-23(19)25-27-29;/h1-6,17-18H,7-14H2;/q-2;+2. The molecule has 11 heteroatoms. The number of ether oxygens (including phenoxy) is 4. The number of hydrogen-bond acceptors (Lipinski definition) is 8. The molecule has 4 aromatic rings. The van der Waals surface area contributed by atoms with Crippen LogP contribution in [0.1, 0.15) is 0 Å². The van der Waals surface area contributed by atoms with Crippen LogP contribution in [0.4, 0.5) is 0 Å². The number of nitrogens with zero attached hydrogens (tertiary/aromatic N) is 6. The average molecular weight is 656 g/mol. The Kier molecular flexibility index (Phi) is 9.14. The quantitative estimate of drug-likeness (QED) is 0.267. The van der Waals surface area contributed by atoms with Gasteiger partial charge in [-0.2, -0.15) is 10.2 Å². The smallest absolute Gasteiger partial charge is 0.497 e. The second-order valence-corrected chi connectivity index (χ2v) is 7.53. The van der Waals surface area contributed by atoms with Crippen LogP contribution in [0.2, 0.25) is 0 Å². The van der Waals surface area contributed by atoms with E-state index in [9.17, 15) is 0 Å². The third kappa shape index (κ3) is 7.05. The molecule has 0 saturated carbocycles. The van der Waals surface area contributed by atoms with E-state index >= 15 is 0 Å². The van der Waals surface area contributed by atoms with Crippen molar-refractivity contribution in [2.75, 3.05) is 39.6 Å². The van der Waals surface area contributed by atoms with Crippen LogP contribution in [0, 0.1) is 12.1 Å². The molecule has 0 amide bonds. The molecule has 2 aromatic heterocycles. The van der Waals surface area contributed by atoms with E-state index in [1.54, 1.807) is 9.36 Å². The van der Waals surface area contributed by atoms with Crippen LogP contribution in [0.3, 0.4) is 0 Å². The first kappa shape index (κ1) is 25.2. The number of rotatable bonds is 0. The first-order chi connectivity index (χ1) is 16.8. The minimum absolute atomic E-state index is 0. The molecule has 0 radical (unpaired) electrons. The van der Waals surface area contributed by atoms with E-state index in [-0.39, 0.29) is 21.1 Å². The van der Waals surface area contributed by atoms with Crippen LogP contribution in [0.15, 0.2) is 48.8 Å². The molecule has 0 aliphatic carbocycles. The van der Waals surface area contributed by atoms with Crippen LogP contribution in [0.25, 0.3) is 22.5 Å². The SMILES string of the molecule is [Pt+2].[c-]1c2cccc1-c1cn(nn1)CCOCCOCCOCCn1cc(nn1)-c1[c-]c(ccc1)O2. The van der Waals surface area contributed by atoms with Crippen molar-refractivity contribution in [2.24, 2.45) is 0 Å². The second-order valence-electron chi connectivity index (χ2n) is 7.53. The summed E-state index contributed by atoms with van der Waals surface area (Å²) >= 11 is 0. The molecular weight excluding hydrogens is 631 g/mol. The van der Waals surface area contributed by atoms with Crippen molar-refractivity contribution in [1.82, 2.24) is 30.0 Å². The van der Waals surface area contributed by atoms with Crippen LogP contribution in [-0.4, -0.2) is 69.6 Å². The zero-order chi connectivity index (χ0) is 23.0. The van der Waals surface area contributed by atoms with Gasteiger partial charge in [-0.3, -0.25) is 9.36 Å². The van der Waals surface area contributed by atoms with Crippen molar-refractivity contribution < 1.29 is 40.0 Å². The zero-order valence-electron chi connectivity index (χ0n) is 18.9. The van der Waals surface area contributed by atoms with Crippen LogP contribution >= 0.6 is 0 Å². The van der Waals surface area contributed by atoms with Gasteiger partial charge in [0.2, 0.25) is 0 Å². The molecule has 0 unspecified atom stereocenters. The summed E-state index contributed by atoms with van der Waals surface area (Å²) in [5.41, 5.74) is 2.98. The zero-order valence-corrected chi connectivity index (χ0v) is 21.2. The molecule has 0 N–H and O–H groups in total. The fraction of sp³-hybridized carbons (Fsp3) is 0.333. The average Bonchev–Trinajstić information content (AvgIpc) is 3.53. The van der Waals surface area contributed by atoms with Crippen molar-refractivity contribution in [3.05, 3.63) is 60.9 Å². The van der Waals surface area contributed by atoms with Gasteiger partial charge in [0.1, 0.15) is 0 Å². The van der Waals surface area contributed by atoms with Gasteiger partial charge in [0, 0.05) is 35.3 Å². The topological polar surface area (TPSA) is 98.3 Å². The maximum Gasteiger partial charge on any atom is 2.00 e. The summed E-state index contributed by atoms with van der Waals surface area (Å²) in [6.45, 7) is 4.25. The molecular formula is C24H24N6O4Pt. The predicted molar refractivity (Wildman–Crippen MR) is 121 cm³/mol. The monoisotopic (exact) mass is 655 g/mol. The van der Waals surface area contributed by atoms with E-state index in [0.717, 1.165) is 11.1 Å². The Labute approximate surface area is 217 Å². The van der Waals surface area contributed by atoms with Gasteiger partial charge in [0.25, 0.3) is 0 Å². The Morgan fingerprint density at radius 1 is 0.629 bits per heavy atom. The molecule has 1 aliphatic heterocycles. The van der Waals surface area contributed by atoms with Gasteiger partial charge in [-0.15, -0.1) is 47.5 Å². The van der Waals surface area contributed by atoms with Gasteiger partial charge in [0.05, 0.1) is 52.7 Å². The first-order valence-electron chi connectivity index (χ1n) is 11.1. The van der Waals surface area contributed by atoms with Crippen molar-refractivity contribution >= 4 is 0 Å². The van der Waals surface area contributed by atoms with Crippen LogP contribution in [-0.2, 0) is 48.4 Å². The minimum Gasteiger partial charge on any atom is -0.497 e. The largest absolute Gasteiger partial charge is 2.00 e. The molecule has 184 valence electrons. The molecule has 5 rings (SSSR count). The van der Waals surface area contributed by atoms with Gasteiger partial charge in [-0.1, -0.05) is 22.6 Å². The maximum absolute atomic E-state index is 6.02.